The molecule has 15 heteroatoms. The largest absolute Gasteiger partial charge is 0.507 e. The highest BCUT2D eigenvalue weighted by Gasteiger charge is 2.46. The maximum atomic E-state index is 13.4. The maximum Gasteiger partial charge on any atom is 0.266 e. The van der Waals surface area contributed by atoms with Gasteiger partial charge in [0.15, 0.2) is 11.0 Å². The first kappa shape index (κ1) is 38.4. The van der Waals surface area contributed by atoms with Crippen LogP contribution in [0, 0.1) is 0 Å². The predicted octanol–water partition coefficient (Wildman–Crippen LogP) is 3.80. The van der Waals surface area contributed by atoms with Crippen LogP contribution in [-0.4, -0.2) is 115 Å². The zero-order valence-electron chi connectivity index (χ0n) is 32.2. The summed E-state index contributed by atoms with van der Waals surface area (Å²) in [6.45, 7) is 4.01. The standard InChI is InChI=1S/C43H43N5O10/c1-45-16-14-26(15-17-45)37-34(56-2)24-31(50)39-30(49)23-33(58-40(37)39)25-8-10-27(11-9-25)46-18-20-47(21-19-46)36(52)7-4-22-57-32-6-3-5-28-38(32)43(55)48(42(28)54)29-12-13-35(51)44-41(29)53/h3,5-6,8-11,14,23-24,29,50H,4,7,12-13,15-22H2,1-2H3,(H,44,51,53). The minimum Gasteiger partial charge on any atom is -0.507 e. The van der Waals surface area contributed by atoms with Crippen LogP contribution in [0.5, 0.6) is 17.2 Å². The molecule has 1 aromatic heterocycles. The normalized spacial score (nSPS) is 18.7. The number of methoxy groups -OCH3 is 1. The van der Waals surface area contributed by atoms with Crippen molar-refractivity contribution in [2.75, 3.05) is 64.9 Å². The third-order valence-electron chi connectivity index (χ3n) is 11.3. The zero-order valence-corrected chi connectivity index (χ0v) is 32.2. The van der Waals surface area contributed by atoms with Crippen LogP contribution < -0.4 is 25.1 Å². The van der Waals surface area contributed by atoms with E-state index >= 15 is 0 Å². The Hall–Kier alpha value is -6.48. The second-order valence-electron chi connectivity index (χ2n) is 14.9. The lowest BCUT2D eigenvalue weighted by Crippen LogP contribution is -2.54. The zero-order chi connectivity index (χ0) is 40.7. The van der Waals surface area contributed by atoms with E-state index in [1.165, 1.54) is 25.3 Å². The SMILES string of the molecule is COc1cc(O)c2c(=O)cc(-c3ccc(N4CCN(C(=O)CCCOc5cccc6c5C(=O)N(C5CCC(=O)NC5=O)C6=O)CC4)cc3)oc2c1C1=CCN(C)CC1. The number of piperidine rings is 1. The van der Waals surface area contributed by atoms with E-state index in [4.69, 9.17) is 13.9 Å². The van der Waals surface area contributed by atoms with Gasteiger partial charge in [0.2, 0.25) is 17.7 Å². The van der Waals surface area contributed by atoms with Gasteiger partial charge in [-0.3, -0.25) is 39.0 Å². The number of nitrogens with zero attached hydrogens (tertiary/aromatic N) is 4. The van der Waals surface area contributed by atoms with Crippen molar-refractivity contribution in [3.05, 3.63) is 87.6 Å². The molecule has 2 N–H and O–H groups in total. The van der Waals surface area contributed by atoms with E-state index < -0.39 is 29.7 Å². The Labute approximate surface area is 333 Å². The molecule has 5 heterocycles. The van der Waals surface area contributed by atoms with Crippen LogP contribution in [0.15, 0.2) is 69.9 Å². The number of carbonyl (C=O) groups is 5. The number of nitrogens with one attached hydrogen (secondary N) is 1. The molecule has 4 aliphatic heterocycles. The molecule has 1 atom stereocenters. The number of likely N-dealkylation sites (N-methyl/N-ethyl adjacent to an activating group) is 1. The topological polar surface area (TPSA) is 179 Å². The monoisotopic (exact) mass is 789 g/mol. The van der Waals surface area contributed by atoms with Crippen molar-refractivity contribution in [2.45, 2.75) is 38.1 Å². The van der Waals surface area contributed by atoms with Crippen LogP contribution in [0.4, 0.5) is 5.69 Å². The highest BCUT2D eigenvalue weighted by Crippen LogP contribution is 2.41. The number of amides is 5. The third kappa shape index (κ3) is 7.17. The Kier molecular flexibility index (Phi) is 10.5. The molecule has 58 heavy (non-hydrogen) atoms. The predicted molar refractivity (Wildman–Crippen MR) is 213 cm³/mol. The van der Waals surface area contributed by atoms with E-state index in [1.807, 2.05) is 36.2 Å². The molecule has 300 valence electrons. The van der Waals surface area contributed by atoms with Crippen LogP contribution >= 0.6 is 0 Å². The molecule has 5 amide bonds. The first-order valence-corrected chi connectivity index (χ1v) is 19.4. The van der Waals surface area contributed by atoms with Crippen molar-refractivity contribution in [3.8, 4) is 28.6 Å². The summed E-state index contributed by atoms with van der Waals surface area (Å²) >= 11 is 0. The number of imide groups is 2. The molecular formula is C43H43N5O10. The van der Waals surface area contributed by atoms with E-state index in [1.54, 1.807) is 12.1 Å². The molecule has 0 saturated carbocycles. The van der Waals surface area contributed by atoms with Gasteiger partial charge in [0, 0.05) is 75.5 Å². The molecule has 3 aromatic carbocycles. The second kappa shape index (κ2) is 15.8. The lowest BCUT2D eigenvalue weighted by molar-refractivity contribution is -0.136. The van der Waals surface area contributed by atoms with Gasteiger partial charge in [-0.2, -0.15) is 0 Å². The van der Waals surface area contributed by atoms with Crippen LogP contribution in [0.3, 0.4) is 0 Å². The van der Waals surface area contributed by atoms with Gasteiger partial charge in [0.05, 0.1) is 30.4 Å². The lowest BCUT2D eigenvalue weighted by atomic mass is 9.95. The minimum atomic E-state index is -1.07. The van der Waals surface area contributed by atoms with Crippen molar-refractivity contribution in [1.82, 2.24) is 20.0 Å². The van der Waals surface area contributed by atoms with Gasteiger partial charge in [-0.25, -0.2) is 0 Å². The average molecular weight is 790 g/mol. The number of hydrogen-bond acceptors (Lipinski definition) is 12. The summed E-state index contributed by atoms with van der Waals surface area (Å²) in [5.41, 5.74) is 3.48. The summed E-state index contributed by atoms with van der Waals surface area (Å²) < 4.78 is 17.9. The van der Waals surface area contributed by atoms with E-state index in [-0.39, 0.29) is 65.2 Å². The number of benzene rings is 3. The second-order valence-corrected chi connectivity index (χ2v) is 14.9. The Bertz CT molecular complexity index is 2430. The summed E-state index contributed by atoms with van der Waals surface area (Å²) in [4.78, 5) is 84.1. The summed E-state index contributed by atoms with van der Waals surface area (Å²) in [5.74, 6) is -1.58. The number of fused-ring (bicyclic) bond motifs is 2. The molecule has 15 nitrogen and oxygen atoms in total. The number of phenols is 1. The van der Waals surface area contributed by atoms with Gasteiger partial charge >= 0.3 is 0 Å². The Balaban J connectivity index is 0.867. The van der Waals surface area contributed by atoms with E-state index in [0.29, 0.717) is 60.8 Å². The van der Waals surface area contributed by atoms with Gasteiger partial charge < -0.3 is 33.7 Å². The van der Waals surface area contributed by atoms with Crippen LogP contribution in [0.2, 0.25) is 0 Å². The fourth-order valence-corrected chi connectivity index (χ4v) is 8.12. The molecule has 1 unspecified atom stereocenters. The lowest BCUT2D eigenvalue weighted by Gasteiger charge is -2.36. The number of anilines is 1. The molecule has 0 spiro atoms. The van der Waals surface area contributed by atoms with Gasteiger partial charge in [-0.1, -0.05) is 12.1 Å². The Morgan fingerprint density at radius 2 is 1.69 bits per heavy atom. The highest BCUT2D eigenvalue weighted by atomic mass is 16.5. The first-order valence-electron chi connectivity index (χ1n) is 19.4. The fourth-order valence-electron chi connectivity index (χ4n) is 8.12. The van der Waals surface area contributed by atoms with Gasteiger partial charge in [-0.05, 0) is 68.3 Å². The van der Waals surface area contributed by atoms with Crippen LogP contribution in [-0.2, 0) is 14.4 Å². The summed E-state index contributed by atoms with van der Waals surface area (Å²) in [7, 11) is 3.57. The van der Waals surface area contributed by atoms with Gasteiger partial charge in [-0.15, -0.1) is 0 Å². The quantitative estimate of drug-likeness (QED) is 0.176. The van der Waals surface area contributed by atoms with Crippen LogP contribution in [0.1, 0.15) is 58.4 Å². The fraction of sp³-hybridized carbons (Fsp3) is 0.349. The molecule has 4 aliphatic rings. The number of phenolic OH excluding ortho intramolecular Hbond substituents is 1. The molecule has 0 bridgehead atoms. The molecule has 2 fully saturated rings. The number of carbonyl (C=O) groups excluding carboxylic acids is 5. The van der Waals surface area contributed by atoms with Crippen molar-refractivity contribution in [3.63, 3.8) is 0 Å². The van der Waals surface area contributed by atoms with Gasteiger partial charge in [0.1, 0.15) is 34.4 Å². The first-order chi connectivity index (χ1) is 28.0. The van der Waals surface area contributed by atoms with Crippen molar-refractivity contribution in [1.29, 1.82) is 0 Å². The molecule has 4 aromatic rings. The van der Waals surface area contributed by atoms with Crippen molar-refractivity contribution in [2.24, 2.45) is 0 Å². The molecule has 0 radical (unpaired) electrons. The number of aromatic hydroxyl groups is 1. The van der Waals surface area contributed by atoms with E-state index in [2.05, 4.69) is 21.2 Å². The summed E-state index contributed by atoms with van der Waals surface area (Å²) in [6, 6.07) is 14.2. The summed E-state index contributed by atoms with van der Waals surface area (Å²) in [5, 5.41) is 13.1. The van der Waals surface area contributed by atoms with E-state index in [0.717, 1.165) is 35.7 Å². The smallest absolute Gasteiger partial charge is 0.266 e. The highest BCUT2D eigenvalue weighted by molar-refractivity contribution is 6.24. The Morgan fingerprint density at radius 3 is 2.40 bits per heavy atom. The van der Waals surface area contributed by atoms with E-state index in [9.17, 15) is 33.9 Å². The van der Waals surface area contributed by atoms with Crippen LogP contribution in [0.25, 0.3) is 27.9 Å². The van der Waals surface area contributed by atoms with Crippen molar-refractivity contribution >= 4 is 51.8 Å². The van der Waals surface area contributed by atoms with Gasteiger partial charge in [0.25, 0.3) is 11.8 Å². The number of rotatable bonds is 10. The third-order valence-corrected chi connectivity index (χ3v) is 11.3. The number of ether oxygens (including phenoxy) is 2. The maximum absolute atomic E-state index is 13.4. The summed E-state index contributed by atoms with van der Waals surface area (Å²) in [6.07, 6.45) is 3.54. The molecular weight excluding hydrogens is 746 g/mol. The molecule has 8 rings (SSSR count). The average Bonchev–Trinajstić information content (AvgIpc) is 3.48. The Morgan fingerprint density at radius 1 is 0.914 bits per heavy atom. The minimum absolute atomic E-state index is 0.0171. The molecule has 2 saturated heterocycles. The number of piperazine rings is 1. The molecule has 0 aliphatic carbocycles. The van der Waals surface area contributed by atoms with Crippen molar-refractivity contribution < 1.29 is 43.0 Å². The number of hydrogen-bond donors (Lipinski definition) is 2.